The fourth-order valence-electron chi connectivity index (χ4n) is 1.36. The van der Waals surface area contributed by atoms with Crippen LogP contribution in [-0.4, -0.2) is 40.3 Å². The lowest BCUT2D eigenvalue weighted by atomic mass is 10.5. The SMILES string of the molecule is CC(C)(O[Si](C)(C)O[Si](C)(C)O)[Si](C)(C)O. The van der Waals surface area contributed by atoms with Gasteiger partial charge in [0, 0.05) is 0 Å². The van der Waals surface area contributed by atoms with Gasteiger partial charge in [0.1, 0.15) is 0 Å². The van der Waals surface area contributed by atoms with Crippen LogP contribution < -0.4 is 0 Å². The molecule has 0 amide bonds. The van der Waals surface area contributed by atoms with Crippen molar-refractivity contribution in [3.05, 3.63) is 0 Å². The standard InChI is InChI=1S/C9H26O4Si3/c1-9(2,14(3,4)10)12-16(7,8)13-15(5,6)11/h10-11H,1-8H3. The molecular formula is C9H26O4Si3. The Morgan fingerprint density at radius 2 is 1.25 bits per heavy atom. The monoisotopic (exact) mass is 282 g/mol. The summed E-state index contributed by atoms with van der Waals surface area (Å²) in [5, 5.41) is -0.567. The first-order chi connectivity index (χ1) is 6.66. The van der Waals surface area contributed by atoms with Gasteiger partial charge in [0.25, 0.3) is 0 Å². The Morgan fingerprint density at radius 1 is 0.875 bits per heavy atom. The molecule has 0 aliphatic carbocycles. The van der Waals surface area contributed by atoms with Crippen LogP contribution >= 0.6 is 0 Å². The zero-order valence-corrected chi connectivity index (χ0v) is 14.7. The Bertz CT molecular complexity index is 240. The zero-order valence-electron chi connectivity index (χ0n) is 11.7. The van der Waals surface area contributed by atoms with Crippen LogP contribution in [0.5, 0.6) is 0 Å². The van der Waals surface area contributed by atoms with Crippen LogP contribution in [0.3, 0.4) is 0 Å². The van der Waals surface area contributed by atoms with Gasteiger partial charge in [-0.3, -0.25) is 0 Å². The molecule has 0 heterocycles. The predicted molar refractivity (Wildman–Crippen MR) is 73.1 cm³/mol. The van der Waals surface area contributed by atoms with Crippen LogP contribution in [0.15, 0.2) is 0 Å². The quantitative estimate of drug-likeness (QED) is 0.757. The van der Waals surface area contributed by atoms with Gasteiger partial charge in [0.2, 0.25) is 8.32 Å². The molecule has 4 nitrogen and oxygen atoms in total. The number of rotatable bonds is 5. The first kappa shape index (κ1) is 16.5. The molecule has 0 unspecified atom stereocenters. The summed E-state index contributed by atoms with van der Waals surface area (Å²) in [6.45, 7) is 14.7. The van der Waals surface area contributed by atoms with E-state index >= 15 is 0 Å². The van der Waals surface area contributed by atoms with Crippen molar-refractivity contribution in [2.45, 2.75) is 58.4 Å². The summed E-state index contributed by atoms with van der Waals surface area (Å²) in [6, 6.07) is 0. The van der Waals surface area contributed by atoms with Gasteiger partial charge in [-0.25, -0.2) is 0 Å². The second kappa shape index (κ2) is 4.64. The largest absolute Gasteiger partial charge is 0.429 e. The van der Waals surface area contributed by atoms with Crippen LogP contribution in [0.1, 0.15) is 13.8 Å². The highest BCUT2D eigenvalue weighted by molar-refractivity contribution is 6.79. The second-order valence-corrected chi connectivity index (χ2v) is 17.2. The molecule has 0 radical (unpaired) electrons. The molecule has 0 bridgehead atoms. The Hall–Kier alpha value is 0.491. The first-order valence-electron chi connectivity index (χ1n) is 5.51. The van der Waals surface area contributed by atoms with Gasteiger partial charge in [-0.1, -0.05) is 0 Å². The molecule has 0 atom stereocenters. The fourth-order valence-corrected chi connectivity index (χ4v) is 9.31. The number of hydrogen-bond donors (Lipinski definition) is 2. The summed E-state index contributed by atoms with van der Waals surface area (Å²) in [7, 11) is -7.38. The van der Waals surface area contributed by atoms with Crippen LogP contribution in [0, 0.1) is 0 Å². The smallest absolute Gasteiger partial charge is 0.323 e. The van der Waals surface area contributed by atoms with Crippen LogP contribution in [-0.2, 0) is 8.54 Å². The molecule has 7 heteroatoms. The maximum atomic E-state index is 10.1. The molecule has 0 spiro atoms. The zero-order chi connectivity index (χ0) is 13.4. The highest BCUT2D eigenvalue weighted by Crippen LogP contribution is 2.27. The lowest BCUT2D eigenvalue weighted by Gasteiger charge is -2.42. The van der Waals surface area contributed by atoms with Crippen LogP contribution in [0.4, 0.5) is 0 Å². The fraction of sp³-hybridized carbons (Fsp3) is 1.00. The maximum absolute atomic E-state index is 10.1. The third-order valence-electron chi connectivity index (χ3n) is 2.47. The molecule has 0 saturated heterocycles. The minimum absolute atomic E-state index is 0.567. The van der Waals surface area contributed by atoms with Crippen molar-refractivity contribution in [1.29, 1.82) is 0 Å². The van der Waals surface area contributed by atoms with E-state index in [-0.39, 0.29) is 0 Å². The summed E-state index contributed by atoms with van der Waals surface area (Å²) < 4.78 is 11.6. The number of hydrogen-bond acceptors (Lipinski definition) is 4. The Kier molecular flexibility index (Phi) is 4.78. The van der Waals surface area contributed by atoms with E-state index < -0.39 is 30.7 Å². The van der Waals surface area contributed by atoms with Crippen LogP contribution in [0.2, 0.25) is 39.3 Å². The van der Waals surface area contributed by atoms with Crippen molar-refractivity contribution in [3.63, 3.8) is 0 Å². The molecule has 0 aliphatic rings. The summed E-state index contributed by atoms with van der Waals surface area (Å²) in [5.74, 6) is 0. The molecule has 16 heavy (non-hydrogen) atoms. The summed E-state index contributed by atoms with van der Waals surface area (Å²) in [5.41, 5.74) is 0. The van der Waals surface area contributed by atoms with E-state index in [1.54, 1.807) is 13.1 Å². The minimum atomic E-state index is -2.58. The molecule has 0 saturated carbocycles. The average Bonchev–Trinajstić information content (AvgIpc) is 1.72. The molecule has 0 fully saturated rings. The molecule has 0 aromatic heterocycles. The molecule has 0 aromatic carbocycles. The third kappa shape index (κ3) is 5.71. The normalized spacial score (nSPS) is 15.4. The van der Waals surface area contributed by atoms with Crippen LogP contribution in [0.25, 0.3) is 0 Å². The van der Waals surface area contributed by atoms with Gasteiger partial charge in [0.05, 0.1) is 5.22 Å². The van der Waals surface area contributed by atoms with Crippen molar-refractivity contribution in [2.24, 2.45) is 0 Å². The van der Waals surface area contributed by atoms with E-state index in [0.717, 1.165) is 0 Å². The van der Waals surface area contributed by atoms with Crippen molar-refractivity contribution >= 4 is 25.4 Å². The van der Waals surface area contributed by atoms with E-state index in [1.165, 1.54) is 0 Å². The summed E-state index contributed by atoms with van der Waals surface area (Å²) in [6.07, 6.45) is 0. The molecule has 0 aliphatic heterocycles. The van der Waals surface area contributed by atoms with Gasteiger partial charge in [-0.15, -0.1) is 0 Å². The topological polar surface area (TPSA) is 58.9 Å². The van der Waals surface area contributed by atoms with Crippen molar-refractivity contribution in [3.8, 4) is 0 Å². The van der Waals surface area contributed by atoms with E-state index in [9.17, 15) is 9.59 Å². The highest BCUT2D eigenvalue weighted by Gasteiger charge is 2.46. The van der Waals surface area contributed by atoms with E-state index in [4.69, 9.17) is 8.54 Å². The molecule has 2 N–H and O–H groups in total. The average molecular weight is 283 g/mol. The third-order valence-corrected chi connectivity index (χ3v) is 10.7. The van der Waals surface area contributed by atoms with E-state index in [1.807, 2.05) is 40.0 Å². The Balaban J connectivity index is 4.72. The molecule has 0 rings (SSSR count). The molecular weight excluding hydrogens is 256 g/mol. The maximum Gasteiger partial charge on any atom is 0.323 e. The van der Waals surface area contributed by atoms with Crippen molar-refractivity contribution in [1.82, 2.24) is 0 Å². The lowest BCUT2D eigenvalue weighted by molar-refractivity contribution is 0.118. The van der Waals surface area contributed by atoms with Gasteiger partial charge in [-0.2, -0.15) is 0 Å². The summed E-state index contributed by atoms with van der Waals surface area (Å²) in [4.78, 5) is 19.9. The first-order valence-corrected chi connectivity index (χ1v) is 14.1. The lowest BCUT2D eigenvalue weighted by Crippen LogP contribution is -2.59. The Morgan fingerprint density at radius 3 is 1.50 bits per heavy atom. The van der Waals surface area contributed by atoms with Gasteiger partial charge in [-0.05, 0) is 53.1 Å². The Labute approximate surface area is 102 Å². The van der Waals surface area contributed by atoms with Crippen molar-refractivity contribution in [2.75, 3.05) is 0 Å². The summed E-state index contributed by atoms with van der Waals surface area (Å²) >= 11 is 0. The second-order valence-electron chi connectivity index (χ2n) is 6.12. The molecule has 0 aromatic rings. The van der Waals surface area contributed by atoms with Gasteiger partial charge in [0.15, 0.2) is 0 Å². The van der Waals surface area contributed by atoms with Gasteiger partial charge < -0.3 is 18.1 Å². The molecule has 98 valence electrons. The predicted octanol–water partition coefficient (Wildman–Crippen LogP) is 1.93. The van der Waals surface area contributed by atoms with E-state index in [2.05, 4.69) is 0 Å². The van der Waals surface area contributed by atoms with Crippen molar-refractivity contribution < 1.29 is 18.1 Å². The highest BCUT2D eigenvalue weighted by atomic mass is 28.5. The van der Waals surface area contributed by atoms with E-state index in [0.29, 0.717) is 0 Å². The van der Waals surface area contributed by atoms with Gasteiger partial charge >= 0.3 is 17.1 Å². The minimum Gasteiger partial charge on any atom is -0.429 e.